The Kier molecular flexibility index (Phi) is 7.92. The summed E-state index contributed by atoms with van der Waals surface area (Å²) in [5, 5.41) is 8.53. The van der Waals surface area contributed by atoms with Crippen LogP contribution in [0.3, 0.4) is 0 Å². The molecule has 1 rings (SSSR count). The van der Waals surface area contributed by atoms with Gasteiger partial charge in [0.05, 0.1) is 23.1 Å². The molecule has 0 aliphatic rings. The van der Waals surface area contributed by atoms with Crippen LogP contribution in [0.1, 0.15) is 29.8 Å². The first-order valence-corrected chi connectivity index (χ1v) is 6.76. The smallest absolute Gasteiger partial charge is 0.293 e. The van der Waals surface area contributed by atoms with Crippen LogP contribution < -0.4 is 0 Å². The van der Waals surface area contributed by atoms with E-state index in [0.717, 1.165) is 0 Å². The summed E-state index contributed by atoms with van der Waals surface area (Å²) in [4.78, 5) is 11.5. The molecule has 0 N–H and O–H groups in total. The van der Waals surface area contributed by atoms with E-state index in [-0.39, 0.29) is 11.5 Å². The van der Waals surface area contributed by atoms with Gasteiger partial charge in [-0.1, -0.05) is 26.0 Å². The minimum Gasteiger partial charge on any atom is -0.293 e. The molecule has 0 heterocycles. The number of nitriles is 1. The van der Waals surface area contributed by atoms with Crippen LogP contribution in [0.5, 0.6) is 0 Å². The molecule has 0 atom stereocenters. The zero-order valence-corrected chi connectivity index (χ0v) is 11.4. The molecule has 1 aromatic carbocycles. The Bertz CT molecular complexity index is 435. The van der Waals surface area contributed by atoms with Crippen LogP contribution in [0.25, 0.3) is 0 Å². The normalized spacial score (nSPS) is 10.1. The molecule has 2 nitrogen and oxygen atoms in total. The lowest BCUT2D eigenvalue weighted by molar-refractivity contribution is -0.105. The molecule has 0 bridgehead atoms. The highest BCUT2D eigenvalue weighted by molar-refractivity contribution is 8.00. The topological polar surface area (TPSA) is 40.9 Å². The number of hydrogen-bond acceptors (Lipinski definition) is 3. The fourth-order valence-corrected chi connectivity index (χ4v) is 1.76. The van der Waals surface area contributed by atoms with Gasteiger partial charge < -0.3 is 0 Å². The molecule has 19 heavy (non-hydrogen) atoms. The molecule has 0 aliphatic heterocycles. The maximum absolute atomic E-state index is 11.8. The Balaban J connectivity index is 0.00000154. The Labute approximate surface area is 114 Å². The zero-order valence-electron chi connectivity index (χ0n) is 10.6. The number of alkyl halides is 3. The maximum atomic E-state index is 11.8. The highest BCUT2D eigenvalue weighted by Gasteiger charge is 2.27. The lowest BCUT2D eigenvalue weighted by Gasteiger charge is -2.05. The lowest BCUT2D eigenvalue weighted by atomic mass is 10.1. The van der Waals surface area contributed by atoms with Crippen molar-refractivity contribution in [2.45, 2.75) is 20.0 Å². The number of rotatable bonds is 4. The Morgan fingerprint density at radius 1 is 1.26 bits per heavy atom. The largest absolute Gasteiger partial charge is 0.397 e. The standard InChI is InChI=1S/C11H8F3NOS.C2H6/c12-11(13,14)7-17-6-10(16)9-3-1-8(5-15)2-4-9;1-2/h1-4H,6-7H2;1-2H3. The SMILES string of the molecule is CC.N#Cc1ccc(C(=O)CSCC(F)(F)F)cc1. The van der Waals surface area contributed by atoms with E-state index in [0.29, 0.717) is 22.9 Å². The molecule has 0 amide bonds. The monoisotopic (exact) mass is 289 g/mol. The van der Waals surface area contributed by atoms with Gasteiger partial charge in [0.1, 0.15) is 0 Å². The van der Waals surface area contributed by atoms with E-state index < -0.39 is 11.9 Å². The number of ketones is 1. The fourth-order valence-electron chi connectivity index (χ4n) is 1.07. The molecular weight excluding hydrogens is 275 g/mol. The van der Waals surface area contributed by atoms with Crippen molar-refractivity contribution in [2.75, 3.05) is 11.5 Å². The van der Waals surface area contributed by atoms with Crippen molar-refractivity contribution in [1.29, 1.82) is 5.26 Å². The lowest BCUT2D eigenvalue weighted by Crippen LogP contribution is -2.13. The van der Waals surface area contributed by atoms with Crippen LogP contribution in [-0.2, 0) is 0 Å². The molecule has 0 aliphatic carbocycles. The maximum Gasteiger partial charge on any atom is 0.397 e. The summed E-state index contributed by atoms with van der Waals surface area (Å²) in [5.74, 6) is -1.62. The van der Waals surface area contributed by atoms with Gasteiger partial charge in [-0.05, 0) is 12.1 Å². The van der Waals surface area contributed by atoms with Crippen molar-refractivity contribution < 1.29 is 18.0 Å². The van der Waals surface area contributed by atoms with E-state index in [1.54, 1.807) is 0 Å². The second-order valence-corrected chi connectivity index (χ2v) is 4.21. The molecule has 1 aromatic rings. The van der Waals surface area contributed by atoms with Gasteiger partial charge in [-0.3, -0.25) is 4.79 Å². The zero-order chi connectivity index (χ0) is 14.9. The van der Waals surface area contributed by atoms with Crippen molar-refractivity contribution in [2.24, 2.45) is 0 Å². The summed E-state index contributed by atoms with van der Waals surface area (Å²) < 4.78 is 35.5. The van der Waals surface area contributed by atoms with Gasteiger partial charge in [0, 0.05) is 5.56 Å². The van der Waals surface area contributed by atoms with E-state index in [1.165, 1.54) is 24.3 Å². The third-order valence-electron chi connectivity index (χ3n) is 1.83. The molecule has 0 unspecified atom stereocenters. The molecule has 0 radical (unpaired) electrons. The number of nitrogens with zero attached hydrogens (tertiary/aromatic N) is 1. The first kappa shape index (κ1) is 17.5. The number of benzene rings is 1. The summed E-state index contributed by atoms with van der Waals surface area (Å²) in [6.45, 7) is 4.00. The minimum absolute atomic E-state index is 0.217. The van der Waals surface area contributed by atoms with Crippen molar-refractivity contribution in [1.82, 2.24) is 0 Å². The molecule has 6 heteroatoms. The third kappa shape index (κ3) is 7.52. The van der Waals surface area contributed by atoms with Crippen molar-refractivity contribution >= 4 is 17.5 Å². The van der Waals surface area contributed by atoms with Gasteiger partial charge in [0.15, 0.2) is 5.78 Å². The highest BCUT2D eigenvalue weighted by Crippen LogP contribution is 2.21. The van der Waals surface area contributed by atoms with Crippen LogP contribution in [0, 0.1) is 11.3 Å². The summed E-state index contributed by atoms with van der Waals surface area (Å²) in [7, 11) is 0. The van der Waals surface area contributed by atoms with Crippen LogP contribution in [0.15, 0.2) is 24.3 Å². The van der Waals surface area contributed by atoms with E-state index in [4.69, 9.17) is 5.26 Å². The van der Waals surface area contributed by atoms with Crippen molar-refractivity contribution in [3.63, 3.8) is 0 Å². The van der Waals surface area contributed by atoms with Crippen LogP contribution in [0.4, 0.5) is 13.2 Å². The van der Waals surface area contributed by atoms with Gasteiger partial charge in [-0.15, -0.1) is 11.8 Å². The Hall–Kier alpha value is -1.48. The highest BCUT2D eigenvalue weighted by atomic mass is 32.2. The molecular formula is C13H14F3NOS. The Morgan fingerprint density at radius 3 is 2.21 bits per heavy atom. The second kappa shape index (κ2) is 8.59. The minimum atomic E-state index is -4.25. The number of halogens is 3. The molecule has 104 valence electrons. The number of Topliss-reactive ketones (excluding diaryl/α,β-unsaturated/α-hetero) is 1. The Morgan fingerprint density at radius 2 is 1.79 bits per heavy atom. The molecule has 0 aromatic heterocycles. The van der Waals surface area contributed by atoms with Gasteiger partial charge in [0.25, 0.3) is 0 Å². The predicted octanol–water partition coefficient (Wildman–Crippen LogP) is 4.06. The summed E-state index contributed by atoms with van der Waals surface area (Å²) in [6, 6.07) is 7.69. The van der Waals surface area contributed by atoms with Crippen LogP contribution in [-0.4, -0.2) is 23.5 Å². The number of carbonyl (C=O) groups excluding carboxylic acids is 1. The first-order valence-electron chi connectivity index (χ1n) is 5.60. The van der Waals surface area contributed by atoms with E-state index in [9.17, 15) is 18.0 Å². The summed E-state index contributed by atoms with van der Waals surface area (Å²) in [5.41, 5.74) is 0.725. The van der Waals surface area contributed by atoms with Crippen LogP contribution >= 0.6 is 11.8 Å². The van der Waals surface area contributed by atoms with E-state index >= 15 is 0 Å². The van der Waals surface area contributed by atoms with Gasteiger partial charge in [-0.2, -0.15) is 18.4 Å². The molecule has 0 saturated carbocycles. The quantitative estimate of drug-likeness (QED) is 0.785. The second-order valence-electron chi connectivity index (χ2n) is 3.22. The van der Waals surface area contributed by atoms with Crippen molar-refractivity contribution in [3.8, 4) is 6.07 Å². The first-order chi connectivity index (χ1) is 8.92. The average Bonchev–Trinajstić information content (AvgIpc) is 2.39. The van der Waals surface area contributed by atoms with E-state index in [2.05, 4.69) is 0 Å². The molecule has 0 fully saturated rings. The summed E-state index contributed by atoms with van der Waals surface area (Å²) >= 11 is 0.534. The molecule has 0 saturated heterocycles. The van der Waals surface area contributed by atoms with Gasteiger partial charge >= 0.3 is 6.18 Å². The van der Waals surface area contributed by atoms with Gasteiger partial charge in [0.2, 0.25) is 0 Å². The predicted molar refractivity (Wildman–Crippen MR) is 70.2 cm³/mol. The van der Waals surface area contributed by atoms with Crippen molar-refractivity contribution in [3.05, 3.63) is 35.4 Å². The molecule has 0 spiro atoms. The summed E-state index contributed by atoms with van der Waals surface area (Å²) in [6.07, 6.45) is -4.25. The number of carbonyl (C=O) groups is 1. The van der Waals surface area contributed by atoms with Gasteiger partial charge in [-0.25, -0.2) is 0 Å². The van der Waals surface area contributed by atoms with E-state index in [1.807, 2.05) is 19.9 Å². The third-order valence-corrected chi connectivity index (χ3v) is 2.83. The van der Waals surface area contributed by atoms with Crippen LogP contribution in [0.2, 0.25) is 0 Å². The average molecular weight is 289 g/mol. The fraction of sp³-hybridized carbons (Fsp3) is 0.385. The number of hydrogen-bond donors (Lipinski definition) is 0. The number of thioether (sulfide) groups is 1.